The minimum Gasteiger partial charge on any atom is -0.497 e. The number of hydrogen-bond acceptors (Lipinski definition) is 2. The van der Waals surface area contributed by atoms with Crippen LogP contribution in [-0.2, 0) is 13.6 Å². The molecule has 4 nitrogen and oxygen atoms in total. The summed E-state index contributed by atoms with van der Waals surface area (Å²) < 4.78 is 8.99. The van der Waals surface area contributed by atoms with Gasteiger partial charge in [0, 0.05) is 12.5 Å². The summed E-state index contributed by atoms with van der Waals surface area (Å²) in [4.78, 5) is 12.1. The van der Waals surface area contributed by atoms with Crippen molar-refractivity contribution in [3.8, 4) is 5.75 Å². The monoisotopic (exact) mass is 245 g/mol. The van der Waals surface area contributed by atoms with Crippen molar-refractivity contribution in [3.05, 3.63) is 48.0 Å². The summed E-state index contributed by atoms with van der Waals surface area (Å²) in [5.41, 5.74) is 0.701. The van der Waals surface area contributed by atoms with Gasteiger partial charge in [0.05, 0.1) is 14.2 Å². The number of ketones is 1. The Morgan fingerprint density at radius 3 is 2.50 bits per heavy atom. The average Bonchev–Trinajstić information content (AvgIpc) is 2.71. The van der Waals surface area contributed by atoms with Gasteiger partial charge in [0.1, 0.15) is 18.1 Å². The zero-order valence-electron chi connectivity index (χ0n) is 10.9. The summed E-state index contributed by atoms with van der Waals surface area (Å²) in [5, 5.41) is 0. The van der Waals surface area contributed by atoms with E-state index in [1.165, 1.54) is 0 Å². The van der Waals surface area contributed by atoms with E-state index < -0.39 is 0 Å². The third-order valence-electron chi connectivity index (χ3n) is 3.12. The van der Waals surface area contributed by atoms with Crippen LogP contribution in [0.5, 0.6) is 5.75 Å². The minimum absolute atomic E-state index is 0.0944. The number of carbonyl (C=O) groups is 1. The van der Waals surface area contributed by atoms with Crippen molar-refractivity contribution in [2.24, 2.45) is 7.05 Å². The number of aryl methyl sites for hydroxylation is 1. The Morgan fingerprint density at radius 1 is 1.33 bits per heavy atom. The van der Waals surface area contributed by atoms with Crippen molar-refractivity contribution < 1.29 is 14.1 Å². The van der Waals surface area contributed by atoms with Crippen LogP contribution in [0.4, 0.5) is 0 Å². The van der Waals surface area contributed by atoms with E-state index in [0.29, 0.717) is 12.1 Å². The Kier molecular flexibility index (Phi) is 3.46. The van der Waals surface area contributed by atoms with Crippen LogP contribution in [0.2, 0.25) is 0 Å². The van der Waals surface area contributed by atoms with Gasteiger partial charge in [-0.3, -0.25) is 4.79 Å². The van der Waals surface area contributed by atoms with Gasteiger partial charge < -0.3 is 4.74 Å². The molecule has 0 spiro atoms. The standard InChI is InChI=1S/C14H17N2O2/c1-11-15(2)8-9-16(11)10-14(17)12-4-6-13(18-3)7-5-12/h4-9H,10H2,1-3H3/q+1. The van der Waals surface area contributed by atoms with Crippen LogP contribution < -0.4 is 9.30 Å². The van der Waals surface area contributed by atoms with E-state index in [2.05, 4.69) is 0 Å². The van der Waals surface area contributed by atoms with Crippen LogP contribution in [0.3, 0.4) is 0 Å². The first kappa shape index (κ1) is 12.4. The summed E-state index contributed by atoms with van der Waals surface area (Å²) >= 11 is 0. The fourth-order valence-corrected chi connectivity index (χ4v) is 1.79. The van der Waals surface area contributed by atoms with E-state index in [1.54, 1.807) is 31.4 Å². The molecule has 2 aromatic rings. The van der Waals surface area contributed by atoms with Crippen LogP contribution in [0.15, 0.2) is 36.7 Å². The number of carbonyl (C=O) groups excluding carboxylic acids is 1. The maximum atomic E-state index is 12.1. The zero-order valence-corrected chi connectivity index (χ0v) is 10.9. The summed E-state index contributed by atoms with van der Waals surface area (Å²) in [5.74, 6) is 1.91. The Balaban J connectivity index is 2.14. The van der Waals surface area contributed by atoms with Gasteiger partial charge in [-0.1, -0.05) is 0 Å². The van der Waals surface area contributed by atoms with Crippen molar-refractivity contribution >= 4 is 5.78 Å². The van der Waals surface area contributed by atoms with Crippen LogP contribution >= 0.6 is 0 Å². The van der Waals surface area contributed by atoms with Crippen molar-refractivity contribution in [2.45, 2.75) is 13.5 Å². The van der Waals surface area contributed by atoms with Gasteiger partial charge in [-0.2, -0.15) is 0 Å². The largest absolute Gasteiger partial charge is 0.497 e. The lowest BCUT2D eigenvalue weighted by atomic mass is 10.1. The molecule has 1 aromatic carbocycles. The maximum absolute atomic E-state index is 12.1. The number of imidazole rings is 1. The third kappa shape index (κ3) is 2.42. The van der Waals surface area contributed by atoms with Gasteiger partial charge in [-0.05, 0) is 24.3 Å². The van der Waals surface area contributed by atoms with Gasteiger partial charge in [0.25, 0.3) is 5.82 Å². The molecule has 0 aliphatic rings. The number of methoxy groups -OCH3 is 1. The Bertz CT molecular complexity index is 556. The topological polar surface area (TPSA) is 35.1 Å². The number of hydrogen-bond donors (Lipinski definition) is 0. The predicted molar refractivity (Wildman–Crippen MR) is 67.7 cm³/mol. The van der Waals surface area contributed by atoms with Crippen molar-refractivity contribution in [1.82, 2.24) is 4.57 Å². The van der Waals surface area contributed by atoms with Gasteiger partial charge >= 0.3 is 0 Å². The molecule has 0 aliphatic heterocycles. The molecule has 0 N–H and O–H groups in total. The summed E-state index contributed by atoms with van der Waals surface area (Å²) in [6.45, 7) is 2.35. The number of rotatable bonds is 4. The predicted octanol–water partition coefficient (Wildman–Crippen LogP) is 1.51. The molecule has 0 saturated carbocycles. The van der Waals surface area contributed by atoms with Gasteiger partial charge in [0.2, 0.25) is 5.78 Å². The van der Waals surface area contributed by atoms with E-state index >= 15 is 0 Å². The van der Waals surface area contributed by atoms with Gasteiger partial charge in [-0.15, -0.1) is 0 Å². The molecule has 94 valence electrons. The van der Waals surface area contributed by atoms with E-state index in [0.717, 1.165) is 11.6 Å². The summed E-state index contributed by atoms with van der Waals surface area (Å²) in [6, 6.07) is 7.19. The van der Waals surface area contributed by atoms with Crippen LogP contribution in [-0.4, -0.2) is 17.5 Å². The number of aromatic nitrogens is 2. The summed E-state index contributed by atoms with van der Waals surface area (Å²) in [6.07, 6.45) is 3.85. The molecular formula is C14H17N2O2+. The zero-order chi connectivity index (χ0) is 13.1. The van der Waals surface area contributed by atoms with E-state index in [1.807, 2.05) is 35.5 Å². The molecule has 1 heterocycles. The lowest BCUT2D eigenvalue weighted by Gasteiger charge is -2.02. The quantitative estimate of drug-likeness (QED) is 0.604. The molecular weight excluding hydrogens is 228 g/mol. The maximum Gasteiger partial charge on any atom is 0.253 e. The Morgan fingerprint density at radius 2 is 2.00 bits per heavy atom. The molecule has 0 unspecified atom stereocenters. The molecule has 0 fully saturated rings. The second-order valence-corrected chi connectivity index (χ2v) is 4.24. The molecule has 2 rings (SSSR count). The van der Waals surface area contributed by atoms with Crippen LogP contribution in [0.25, 0.3) is 0 Å². The van der Waals surface area contributed by atoms with Crippen LogP contribution in [0.1, 0.15) is 16.2 Å². The number of benzene rings is 1. The van der Waals surface area contributed by atoms with Crippen molar-refractivity contribution in [3.63, 3.8) is 0 Å². The highest BCUT2D eigenvalue weighted by molar-refractivity contribution is 5.96. The highest BCUT2D eigenvalue weighted by atomic mass is 16.5. The number of ether oxygens (including phenoxy) is 1. The Labute approximate surface area is 106 Å². The molecule has 0 amide bonds. The van der Waals surface area contributed by atoms with E-state index in [9.17, 15) is 4.79 Å². The first-order valence-corrected chi connectivity index (χ1v) is 5.80. The molecule has 0 atom stereocenters. The van der Waals surface area contributed by atoms with E-state index in [4.69, 9.17) is 4.74 Å². The highest BCUT2D eigenvalue weighted by Gasteiger charge is 2.14. The van der Waals surface area contributed by atoms with Crippen molar-refractivity contribution in [2.75, 3.05) is 7.11 Å². The number of Topliss-reactive ketones (excluding diaryl/α,β-unsaturated/α-hetero) is 1. The molecule has 0 saturated heterocycles. The minimum atomic E-state index is 0.0944. The number of nitrogens with zero attached hydrogens (tertiary/aromatic N) is 2. The fraction of sp³-hybridized carbons (Fsp3) is 0.286. The first-order chi connectivity index (χ1) is 8.61. The van der Waals surface area contributed by atoms with E-state index in [-0.39, 0.29) is 5.78 Å². The van der Waals surface area contributed by atoms with Crippen molar-refractivity contribution in [1.29, 1.82) is 0 Å². The molecule has 0 bridgehead atoms. The average molecular weight is 245 g/mol. The highest BCUT2D eigenvalue weighted by Crippen LogP contribution is 2.12. The van der Waals surface area contributed by atoms with Gasteiger partial charge in [-0.25, -0.2) is 9.13 Å². The second-order valence-electron chi connectivity index (χ2n) is 4.24. The molecule has 1 aromatic heterocycles. The lowest BCUT2D eigenvalue weighted by Crippen LogP contribution is -2.30. The smallest absolute Gasteiger partial charge is 0.253 e. The molecule has 18 heavy (non-hydrogen) atoms. The SMILES string of the molecule is COc1ccc(C(=O)Cn2cc[n+](C)c2C)cc1. The van der Waals surface area contributed by atoms with Gasteiger partial charge in [0.15, 0.2) is 6.54 Å². The van der Waals surface area contributed by atoms with Crippen LogP contribution in [0, 0.1) is 6.92 Å². The second kappa shape index (κ2) is 5.04. The lowest BCUT2D eigenvalue weighted by molar-refractivity contribution is -0.677. The molecule has 4 heteroatoms. The normalized spacial score (nSPS) is 10.4. The first-order valence-electron chi connectivity index (χ1n) is 5.80. The molecule has 0 aliphatic carbocycles. The Hall–Kier alpha value is -2.10. The fourth-order valence-electron chi connectivity index (χ4n) is 1.79. The molecule has 0 radical (unpaired) electrons. The summed E-state index contributed by atoms with van der Waals surface area (Å²) in [7, 11) is 3.57. The third-order valence-corrected chi connectivity index (χ3v) is 3.12.